The van der Waals surface area contributed by atoms with E-state index in [0.29, 0.717) is 5.69 Å². The van der Waals surface area contributed by atoms with E-state index in [4.69, 9.17) is 5.73 Å². The smallest absolute Gasteiger partial charge is 0.139 e. The van der Waals surface area contributed by atoms with Gasteiger partial charge < -0.3 is 10.7 Å². The number of aromatic nitrogens is 2. The number of nitrogen functional groups attached to an aromatic ring is 1. The molecule has 0 unspecified atom stereocenters. The summed E-state index contributed by atoms with van der Waals surface area (Å²) in [6, 6.07) is 11.9. The van der Waals surface area contributed by atoms with Gasteiger partial charge in [0.05, 0.1) is 11.2 Å². The van der Waals surface area contributed by atoms with E-state index in [-0.39, 0.29) is 0 Å². The molecule has 3 rings (SSSR count). The van der Waals surface area contributed by atoms with E-state index in [9.17, 15) is 0 Å². The number of imidazole rings is 1. The van der Waals surface area contributed by atoms with Crippen LogP contribution in [-0.2, 0) is 0 Å². The van der Waals surface area contributed by atoms with Crippen molar-refractivity contribution in [3.8, 4) is 11.4 Å². The van der Waals surface area contributed by atoms with Crippen LogP contribution < -0.4 is 5.73 Å². The predicted octanol–water partition coefficient (Wildman–Crippen LogP) is 3.88. The molecule has 2 aromatic carbocycles. The number of aryl methyl sites for hydroxylation is 1. The van der Waals surface area contributed by atoms with Crippen molar-refractivity contribution >= 4 is 32.7 Å². The summed E-state index contributed by atoms with van der Waals surface area (Å²) in [5.74, 6) is 0.828. The molecule has 0 bridgehead atoms. The maximum absolute atomic E-state index is 5.92. The van der Waals surface area contributed by atoms with Gasteiger partial charge in [0.2, 0.25) is 0 Å². The minimum Gasteiger partial charge on any atom is -0.397 e. The molecule has 0 fully saturated rings. The van der Waals surface area contributed by atoms with Gasteiger partial charge in [-0.15, -0.1) is 0 Å². The summed E-state index contributed by atoms with van der Waals surface area (Å²) in [6.45, 7) is 2.06. The van der Waals surface area contributed by atoms with Crippen molar-refractivity contribution in [3.63, 3.8) is 0 Å². The van der Waals surface area contributed by atoms with Crippen LogP contribution in [0.4, 0.5) is 5.69 Å². The lowest BCUT2D eigenvalue weighted by molar-refractivity contribution is 1.32. The summed E-state index contributed by atoms with van der Waals surface area (Å²) in [6.07, 6.45) is 0. The maximum atomic E-state index is 5.92. The number of hydrogen-bond donors (Lipinski definition) is 2. The fourth-order valence-corrected chi connectivity index (χ4v) is 2.68. The normalized spacial score (nSPS) is 11.0. The third-order valence-electron chi connectivity index (χ3n) is 2.92. The fourth-order valence-electron chi connectivity index (χ4n) is 1.99. The van der Waals surface area contributed by atoms with Gasteiger partial charge in [0.25, 0.3) is 0 Å². The van der Waals surface area contributed by atoms with Crippen LogP contribution >= 0.6 is 15.9 Å². The molecule has 0 spiro atoms. The Labute approximate surface area is 113 Å². The number of nitrogens with two attached hydrogens (primary N) is 1. The number of benzene rings is 2. The number of hydrogen-bond acceptors (Lipinski definition) is 2. The summed E-state index contributed by atoms with van der Waals surface area (Å²) in [4.78, 5) is 7.85. The Kier molecular flexibility index (Phi) is 2.59. The van der Waals surface area contributed by atoms with Crippen LogP contribution in [0.15, 0.2) is 40.9 Å². The van der Waals surface area contributed by atoms with Gasteiger partial charge in [-0.3, -0.25) is 0 Å². The molecule has 3 N–H and O–H groups in total. The molecule has 0 atom stereocenters. The van der Waals surface area contributed by atoms with Gasteiger partial charge in [0.1, 0.15) is 11.3 Å². The molecule has 1 heterocycles. The van der Waals surface area contributed by atoms with E-state index in [1.807, 2.05) is 24.3 Å². The number of para-hydroxylation sites is 1. The van der Waals surface area contributed by atoms with Crippen molar-refractivity contribution in [2.75, 3.05) is 5.73 Å². The highest BCUT2D eigenvalue weighted by molar-refractivity contribution is 9.10. The van der Waals surface area contributed by atoms with Crippen LogP contribution in [0.25, 0.3) is 22.4 Å². The Balaban J connectivity index is 2.23. The first-order valence-electron chi connectivity index (χ1n) is 5.66. The second-order valence-electron chi connectivity index (χ2n) is 4.31. The average Bonchev–Trinajstić information content (AvgIpc) is 2.74. The molecule has 18 heavy (non-hydrogen) atoms. The average molecular weight is 302 g/mol. The molecule has 3 nitrogen and oxygen atoms in total. The lowest BCUT2D eigenvalue weighted by Gasteiger charge is -2.01. The molecule has 90 valence electrons. The van der Waals surface area contributed by atoms with Gasteiger partial charge in [-0.05, 0) is 36.8 Å². The highest BCUT2D eigenvalue weighted by Crippen LogP contribution is 2.29. The van der Waals surface area contributed by atoms with Crippen LogP contribution in [0.5, 0.6) is 0 Å². The lowest BCUT2D eigenvalue weighted by Crippen LogP contribution is -1.85. The molecule has 0 aliphatic rings. The topological polar surface area (TPSA) is 54.7 Å². The summed E-state index contributed by atoms with van der Waals surface area (Å²) < 4.78 is 1.03. The second-order valence-corrected chi connectivity index (χ2v) is 5.17. The second kappa shape index (κ2) is 4.14. The molecule has 0 saturated heterocycles. The van der Waals surface area contributed by atoms with Crippen molar-refractivity contribution in [1.29, 1.82) is 0 Å². The zero-order valence-corrected chi connectivity index (χ0v) is 11.5. The Morgan fingerprint density at radius 3 is 2.78 bits per heavy atom. The number of halogens is 1. The number of anilines is 1. The van der Waals surface area contributed by atoms with Crippen molar-refractivity contribution in [1.82, 2.24) is 9.97 Å². The standard InChI is InChI=1S/C14H12BrN3/c1-8-5-6-9(10(15)7-8)14-17-12-4-2-3-11(16)13(12)18-14/h2-7H,16H2,1H3,(H,17,18). The number of H-pyrrole nitrogens is 1. The zero-order valence-electron chi connectivity index (χ0n) is 9.87. The Hall–Kier alpha value is -1.81. The van der Waals surface area contributed by atoms with E-state index in [1.165, 1.54) is 5.56 Å². The molecule has 4 heteroatoms. The van der Waals surface area contributed by atoms with Crippen molar-refractivity contribution in [3.05, 3.63) is 46.4 Å². The van der Waals surface area contributed by atoms with Crippen LogP contribution in [-0.4, -0.2) is 9.97 Å². The highest BCUT2D eigenvalue weighted by atomic mass is 79.9. The third kappa shape index (κ3) is 1.78. The summed E-state index contributed by atoms with van der Waals surface area (Å²) >= 11 is 3.57. The highest BCUT2D eigenvalue weighted by Gasteiger charge is 2.09. The van der Waals surface area contributed by atoms with Gasteiger partial charge in [-0.2, -0.15) is 0 Å². The number of nitrogens with one attached hydrogen (secondary N) is 1. The lowest BCUT2D eigenvalue weighted by atomic mass is 10.1. The number of nitrogens with zero attached hydrogens (tertiary/aromatic N) is 1. The van der Waals surface area contributed by atoms with Gasteiger partial charge >= 0.3 is 0 Å². The summed E-state index contributed by atoms with van der Waals surface area (Å²) in [5.41, 5.74) is 10.6. The first-order valence-corrected chi connectivity index (χ1v) is 6.45. The van der Waals surface area contributed by atoms with Crippen molar-refractivity contribution in [2.45, 2.75) is 6.92 Å². The summed E-state index contributed by atoms with van der Waals surface area (Å²) in [5, 5.41) is 0. The SMILES string of the molecule is Cc1ccc(-c2nc3c(N)cccc3[nH]2)c(Br)c1. The molecule has 0 saturated carbocycles. The van der Waals surface area contributed by atoms with Gasteiger partial charge in [-0.1, -0.05) is 28.1 Å². The monoisotopic (exact) mass is 301 g/mol. The minimum atomic E-state index is 0.693. The molecular formula is C14H12BrN3. The minimum absolute atomic E-state index is 0.693. The van der Waals surface area contributed by atoms with E-state index >= 15 is 0 Å². The molecule has 0 aliphatic carbocycles. The maximum Gasteiger partial charge on any atom is 0.139 e. The fraction of sp³-hybridized carbons (Fsp3) is 0.0714. The predicted molar refractivity (Wildman–Crippen MR) is 78.4 cm³/mol. The largest absolute Gasteiger partial charge is 0.397 e. The molecular weight excluding hydrogens is 290 g/mol. The first-order chi connectivity index (χ1) is 8.65. The third-order valence-corrected chi connectivity index (χ3v) is 3.58. The molecule has 0 radical (unpaired) electrons. The molecule has 0 amide bonds. The summed E-state index contributed by atoms with van der Waals surface area (Å²) in [7, 11) is 0. The van der Waals surface area contributed by atoms with Gasteiger partial charge in [-0.25, -0.2) is 4.98 Å². The number of rotatable bonds is 1. The first kappa shape index (κ1) is 11.3. The zero-order chi connectivity index (χ0) is 12.7. The van der Waals surface area contributed by atoms with Crippen molar-refractivity contribution in [2.24, 2.45) is 0 Å². The van der Waals surface area contributed by atoms with Gasteiger partial charge in [0.15, 0.2) is 0 Å². The Morgan fingerprint density at radius 1 is 1.22 bits per heavy atom. The van der Waals surface area contributed by atoms with E-state index < -0.39 is 0 Å². The number of fused-ring (bicyclic) bond motifs is 1. The Morgan fingerprint density at radius 2 is 2.06 bits per heavy atom. The van der Waals surface area contributed by atoms with Crippen LogP contribution in [0, 0.1) is 6.92 Å². The quantitative estimate of drug-likeness (QED) is 0.670. The van der Waals surface area contributed by atoms with E-state index in [1.54, 1.807) is 0 Å². The van der Waals surface area contributed by atoms with E-state index in [0.717, 1.165) is 26.9 Å². The number of aromatic amines is 1. The molecule has 3 aromatic rings. The van der Waals surface area contributed by atoms with Crippen LogP contribution in [0.3, 0.4) is 0 Å². The molecule has 0 aliphatic heterocycles. The molecule has 1 aromatic heterocycles. The van der Waals surface area contributed by atoms with Gasteiger partial charge in [0, 0.05) is 10.0 Å². The van der Waals surface area contributed by atoms with E-state index in [2.05, 4.69) is 45.0 Å². The van der Waals surface area contributed by atoms with Crippen LogP contribution in [0.2, 0.25) is 0 Å². The van der Waals surface area contributed by atoms with Crippen molar-refractivity contribution < 1.29 is 0 Å². The Bertz CT molecular complexity index is 731. The van der Waals surface area contributed by atoms with Crippen LogP contribution in [0.1, 0.15) is 5.56 Å².